The maximum Gasteiger partial charge on any atom is 0.312 e. The first-order chi connectivity index (χ1) is 6.91. The minimum Gasteiger partial charge on any atom is -0.502 e. The number of rotatable bonds is 3. The number of hydrogen-bond acceptors (Lipinski definition) is 4. The molecule has 82 valence electrons. The number of benzene rings is 1. The van der Waals surface area contributed by atoms with Gasteiger partial charge in [0.15, 0.2) is 5.75 Å². The van der Waals surface area contributed by atoms with Crippen molar-refractivity contribution < 1.29 is 10.0 Å². The van der Waals surface area contributed by atoms with Crippen LogP contribution in [0.3, 0.4) is 0 Å². The lowest BCUT2D eigenvalue weighted by Gasteiger charge is -2.08. The minimum absolute atomic E-state index is 0.162. The van der Waals surface area contributed by atoms with Crippen molar-refractivity contribution in [2.24, 2.45) is 5.73 Å². The summed E-state index contributed by atoms with van der Waals surface area (Å²) in [5.74, 6) is -0.305. The van der Waals surface area contributed by atoms with E-state index in [2.05, 4.69) is 15.9 Å². The zero-order chi connectivity index (χ0) is 11.6. The summed E-state index contributed by atoms with van der Waals surface area (Å²) in [5, 5.41) is 20.2. The Morgan fingerprint density at radius 3 is 2.73 bits per heavy atom. The Morgan fingerprint density at radius 1 is 1.67 bits per heavy atom. The molecule has 0 aliphatic heterocycles. The van der Waals surface area contributed by atoms with Crippen LogP contribution in [0.2, 0.25) is 0 Å². The van der Waals surface area contributed by atoms with Gasteiger partial charge in [0.25, 0.3) is 0 Å². The summed E-state index contributed by atoms with van der Waals surface area (Å²) in [4.78, 5) is 9.99. The summed E-state index contributed by atoms with van der Waals surface area (Å²) in [6.45, 7) is 1.77. The highest BCUT2D eigenvalue weighted by Gasteiger charge is 2.18. The molecule has 0 radical (unpaired) electrons. The van der Waals surface area contributed by atoms with E-state index >= 15 is 0 Å². The number of phenolic OH excluding ortho intramolecular Hbond substituents is 1. The molecule has 1 unspecified atom stereocenters. The monoisotopic (exact) mass is 274 g/mol. The molecule has 0 aliphatic rings. The molecular formula is C9H11BrN2O3. The largest absolute Gasteiger partial charge is 0.502 e. The Morgan fingerprint density at radius 2 is 2.27 bits per heavy atom. The number of halogens is 1. The molecule has 5 nitrogen and oxygen atoms in total. The van der Waals surface area contributed by atoms with Crippen LogP contribution in [0.5, 0.6) is 5.75 Å². The van der Waals surface area contributed by atoms with E-state index in [1.807, 2.05) is 0 Å². The molecule has 0 aliphatic carbocycles. The topological polar surface area (TPSA) is 89.4 Å². The van der Waals surface area contributed by atoms with Crippen LogP contribution in [0.4, 0.5) is 5.69 Å². The molecule has 1 rings (SSSR count). The molecule has 1 aromatic carbocycles. The van der Waals surface area contributed by atoms with Gasteiger partial charge in [0.05, 0.1) is 4.92 Å². The molecule has 1 aromatic rings. The summed E-state index contributed by atoms with van der Waals surface area (Å²) >= 11 is 3.15. The van der Waals surface area contributed by atoms with Gasteiger partial charge in [0.1, 0.15) is 0 Å². The average Bonchev–Trinajstić information content (AvgIpc) is 2.09. The first-order valence-electron chi connectivity index (χ1n) is 4.33. The number of phenols is 1. The molecule has 0 saturated heterocycles. The second-order valence-electron chi connectivity index (χ2n) is 3.37. The highest BCUT2D eigenvalue weighted by molar-refractivity contribution is 9.10. The van der Waals surface area contributed by atoms with E-state index in [1.165, 1.54) is 6.07 Å². The maximum absolute atomic E-state index is 10.6. The molecule has 0 amide bonds. The van der Waals surface area contributed by atoms with Gasteiger partial charge < -0.3 is 10.8 Å². The van der Waals surface area contributed by atoms with Gasteiger partial charge in [0, 0.05) is 22.1 Å². The quantitative estimate of drug-likeness (QED) is 0.651. The fourth-order valence-electron chi connectivity index (χ4n) is 1.28. The van der Waals surface area contributed by atoms with Gasteiger partial charge in [-0.15, -0.1) is 0 Å². The van der Waals surface area contributed by atoms with Crippen LogP contribution in [-0.4, -0.2) is 16.1 Å². The predicted molar refractivity (Wildman–Crippen MR) is 59.8 cm³/mol. The molecule has 15 heavy (non-hydrogen) atoms. The fraction of sp³-hybridized carbons (Fsp3) is 0.333. The number of nitrogens with two attached hydrogens (primary N) is 1. The number of nitro groups is 1. The van der Waals surface area contributed by atoms with Gasteiger partial charge in [-0.25, -0.2) is 0 Å². The molecule has 0 bridgehead atoms. The van der Waals surface area contributed by atoms with Crippen LogP contribution in [0.15, 0.2) is 16.6 Å². The van der Waals surface area contributed by atoms with E-state index in [-0.39, 0.29) is 17.5 Å². The van der Waals surface area contributed by atoms with E-state index in [0.29, 0.717) is 16.5 Å². The SMILES string of the molecule is CC(N)Cc1cc(Br)cc([N+](=O)[O-])c1O. The van der Waals surface area contributed by atoms with Crippen LogP contribution in [0.25, 0.3) is 0 Å². The molecule has 0 heterocycles. The standard InChI is InChI=1S/C9H11BrN2O3/c1-5(11)2-6-3-7(10)4-8(9(6)13)12(14)15/h3-5,13H,2,11H2,1H3. The third-order valence-corrected chi connectivity index (χ3v) is 2.33. The zero-order valence-corrected chi connectivity index (χ0v) is 9.69. The summed E-state index contributed by atoms with van der Waals surface area (Å²) in [7, 11) is 0. The summed E-state index contributed by atoms with van der Waals surface area (Å²) in [5.41, 5.74) is 5.75. The van der Waals surface area contributed by atoms with E-state index in [0.717, 1.165) is 0 Å². The molecule has 0 aromatic heterocycles. The molecule has 0 saturated carbocycles. The Labute approximate surface area is 95.2 Å². The lowest BCUT2D eigenvalue weighted by atomic mass is 10.1. The number of nitrogens with zero attached hydrogens (tertiary/aromatic N) is 1. The zero-order valence-electron chi connectivity index (χ0n) is 8.11. The minimum atomic E-state index is -0.620. The molecular weight excluding hydrogens is 264 g/mol. The normalized spacial score (nSPS) is 12.5. The van der Waals surface area contributed by atoms with Gasteiger partial charge >= 0.3 is 5.69 Å². The van der Waals surface area contributed by atoms with E-state index < -0.39 is 4.92 Å². The summed E-state index contributed by atoms with van der Waals surface area (Å²) in [6, 6.07) is 2.73. The molecule has 0 spiro atoms. The first-order valence-corrected chi connectivity index (χ1v) is 5.12. The van der Waals surface area contributed by atoms with Gasteiger partial charge in [0.2, 0.25) is 0 Å². The van der Waals surface area contributed by atoms with Gasteiger partial charge in [-0.05, 0) is 19.4 Å². The van der Waals surface area contributed by atoms with Crippen molar-refractivity contribution >= 4 is 21.6 Å². The Bertz CT molecular complexity index is 393. The smallest absolute Gasteiger partial charge is 0.312 e. The van der Waals surface area contributed by atoms with Crippen molar-refractivity contribution in [3.05, 3.63) is 32.3 Å². The van der Waals surface area contributed by atoms with Crippen LogP contribution in [0, 0.1) is 10.1 Å². The molecule has 6 heteroatoms. The van der Waals surface area contributed by atoms with Crippen molar-refractivity contribution in [2.75, 3.05) is 0 Å². The van der Waals surface area contributed by atoms with Gasteiger partial charge in [-0.1, -0.05) is 15.9 Å². The second-order valence-corrected chi connectivity index (χ2v) is 4.29. The van der Waals surface area contributed by atoms with E-state index in [1.54, 1.807) is 13.0 Å². The highest BCUT2D eigenvalue weighted by atomic mass is 79.9. The Hall–Kier alpha value is -1.14. The number of nitro benzene ring substituents is 1. The van der Waals surface area contributed by atoms with Crippen molar-refractivity contribution in [2.45, 2.75) is 19.4 Å². The van der Waals surface area contributed by atoms with Crippen LogP contribution in [-0.2, 0) is 6.42 Å². The second kappa shape index (κ2) is 4.59. The Kier molecular flexibility index (Phi) is 3.65. The van der Waals surface area contributed by atoms with Crippen molar-refractivity contribution in [1.82, 2.24) is 0 Å². The summed E-state index contributed by atoms with van der Waals surface area (Å²) < 4.78 is 0.558. The Balaban J connectivity index is 3.22. The first kappa shape index (κ1) is 11.9. The summed E-state index contributed by atoms with van der Waals surface area (Å²) in [6.07, 6.45) is 0.395. The van der Waals surface area contributed by atoms with Crippen molar-refractivity contribution in [3.8, 4) is 5.75 Å². The van der Waals surface area contributed by atoms with Crippen molar-refractivity contribution in [1.29, 1.82) is 0 Å². The lowest BCUT2D eigenvalue weighted by molar-refractivity contribution is -0.386. The van der Waals surface area contributed by atoms with Gasteiger partial charge in [-0.3, -0.25) is 10.1 Å². The lowest BCUT2D eigenvalue weighted by Crippen LogP contribution is -2.17. The van der Waals surface area contributed by atoms with E-state index in [4.69, 9.17) is 5.73 Å². The number of hydrogen-bond donors (Lipinski definition) is 2. The average molecular weight is 275 g/mol. The molecule has 1 atom stereocenters. The third-order valence-electron chi connectivity index (χ3n) is 1.87. The van der Waals surface area contributed by atoms with Crippen molar-refractivity contribution in [3.63, 3.8) is 0 Å². The fourth-order valence-corrected chi connectivity index (χ4v) is 1.77. The third kappa shape index (κ3) is 2.90. The van der Waals surface area contributed by atoms with E-state index in [9.17, 15) is 15.2 Å². The highest BCUT2D eigenvalue weighted by Crippen LogP contribution is 2.33. The van der Waals surface area contributed by atoms with Gasteiger partial charge in [-0.2, -0.15) is 0 Å². The van der Waals surface area contributed by atoms with Crippen LogP contribution < -0.4 is 5.73 Å². The maximum atomic E-state index is 10.6. The van der Waals surface area contributed by atoms with Crippen LogP contribution in [0.1, 0.15) is 12.5 Å². The number of aromatic hydroxyl groups is 1. The van der Waals surface area contributed by atoms with Crippen LogP contribution >= 0.6 is 15.9 Å². The molecule has 0 fully saturated rings. The predicted octanol–water partition coefficient (Wildman–Crippen LogP) is 1.95. The molecule has 3 N–H and O–H groups in total.